The number of aromatic nitrogens is 3. The van der Waals surface area contributed by atoms with E-state index < -0.39 is 5.97 Å². The third-order valence-corrected chi connectivity index (χ3v) is 5.97. The molecule has 7 heteroatoms. The van der Waals surface area contributed by atoms with E-state index in [4.69, 9.17) is 4.74 Å². The van der Waals surface area contributed by atoms with Crippen LogP contribution in [0.4, 0.5) is 5.95 Å². The topological polar surface area (TPSA) is 86.1 Å². The van der Waals surface area contributed by atoms with Gasteiger partial charge in [-0.15, -0.1) is 0 Å². The predicted molar refractivity (Wildman–Crippen MR) is 119 cm³/mol. The minimum absolute atomic E-state index is 0.107. The van der Waals surface area contributed by atoms with E-state index in [-0.39, 0.29) is 17.2 Å². The molecule has 1 atom stereocenters. The fourth-order valence-corrected chi connectivity index (χ4v) is 4.43. The number of fused-ring (bicyclic) bond motifs is 1. The van der Waals surface area contributed by atoms with Crippen LogP contribution in [0.2, 0.25) is 0 Å². The number of hydrogen-bond acceptors (Lipinski definition) is 6. The fourth-order valence-electron chi connectivity index (χ4n) is 4.43. The molecule has 32 heavy (non-hydrogen) atoms. The van der Waals surface area contributed by atoms with Gasteiger partial charge in [-0.2, -0.15) is 10.1 Å². The van der Waals surface area contributed by atoms with Crippen LogP contribution >= 0.6 is 0 Å². The van der Waals surface area contributed by atoms with Crippen molar-refractivity contribution in [2.75, 3.05) is 5.32 Å². The Morgan fingerprint density at radius 1 is 1.09 bits per heavy atom. The van der Waals surface area contributed by atoms with Crippen LogP contribution in [0.3, 0.4) is 0 Å². The second kappa shape index (κ2) is 7.44. The highest BCUT2D eigenvalue weighted by molar-refractivity contribution is 6.00. The van der Waals surface area contributed by atoms with E-state index >= 15 is 0 Å². The Morgan fingerprint density at radius 3 is 2.53 bits per heavy atom. The maximum atomic E-state index is 13.1. The van der Waals surface area contributed by atoms with Gasteiger partial charge in [-0.1, -0.05) is 43.7 Å². The first kappa shape index (κ1) is 20.2. The maximum Gasteiger partial charge on any atom is 0.343 e. The van der Waals surface area contributed by atoms with Crippen molar-refractivity contribution in [1.29, 1.82) is 0 Å². The smallest absolute Gasteiger partial charge is 0.343 e. The van der Waals surface area contributed by atoms with Crippen molar-refractivity contribution in [1.82, 2.24) is 14.8 Å². The summed E-state index contributed by atoms with van der Waals surface area (Å²) in [6.45, 7) is 6.16. The van der Waals surface area contributed by atoms with Gasteiger partial charge < -0.3 is 10.1 Å². The number of rotatable bonds is 3. The van der Waals surface area contributed by atoms with Gasteiger partial charge in [0.2, 0.25) is 5.95 Å². The standard InChI is InChI=1S/C25H24N4O3/c1-15-4-6-17(7-5-15)23(31)32-18-10-8-16(9-11-18)22-21-19(12-25(2,3)13-20(21)30)28-24-26-14-27-29(22)24/h4-11,14,22H,12-13H2,1-3H3,(H,26,27,28)/t22-/m0/s1. The van der Waals surface area contributed by atoms with E-state index in [1.165, 1.54) is 6.33 Å². The normalized spacial score (nSPS) is 19.1. The van der Waals surface area contributed by atoms with Gasteiger partial charge in [0.1, 0.15) is 18.1 Å². The molecule has 0 saturated heterocycles. The minimum atomic E-state index is -0.409. The van der Waals surface area contributed by atoms with Crippen LogP contribution in [0.25, 0.3) is 0 Å². The molecule has 1 aromatic heterocycles. The number of ketones is 1. The van der Waals surface area contributed by atoms with Gasteiger partial charge in [0.05, 0.1) is 5.56 Å². The molecular weight excluding hydrogens is 404 g/mol. The number of aryl methyl sites for hydroxylation is 1. The van der Waals surface area contributed by atoms with Crippen molar-refractivity contribution in [2.45, 2.75) is 39.7 Å². The minimum Gasteiger partial charge on any atom is -0.423 e. The Labute approximate surface area is 186 Å². The molecule has 3 aromatic rings. The van der Waals surface area contributed by atoms with Crippen LogP contribution in [-0.2, 0) is 4.79 Å². The number of nitrogens with one attached hydrogen (secondary N) is 1. The zero-order valence-corrected chi connectivity index (χ0v) is 18.3. The van der Waals surface area contributed by atoms with Crippen LogP contribution in [0.5, 0.6) is 5.75 Å². The lowest BCUT2D eigenvalue weighted by Crippen LogP contribution is -2.36. The lowest BCUT2D eigenvalue weighted by molar-refractivity contribution is -0.118. The molecule has 0 radical (unpaired) electrons. The number of ether oxygens (including phenoxy) is 1. The van der Waals surface area contributed by atoms with Crippen molar-refractivity contribution >= 4 is 17.7 Å². The van der Waals surface area contributed by atoms with Gasteiger partial charge in [-0.25, -0.2) is 9.48 Å². The molecule has 2 aromatic carbocycles. The van der Waals surface area contributed by atoms with Crippen LogP contribution in [-0.4, -0.2) is 26.5 Å². The first-order valence-corrected chi connectivity index (χ1v) is 10.6. The number of carbonyl (C=O) groups is 2. The molecule has 2 aliphatic rings. The van der Waals surface area contributed by atoms with E-state index in [1.807, 2.05) is 31.2 Å². The molecule has 2 heterocycles. The number of benzene rings is 2. The zero-order valence-electron chi connectivity index (χ0n) is 18.3. The SMILES string of the molecule is Cc1ccc(C(=O)Oc2ccc([C@H]3C4=C(CC(C)(C)CC4=O)Nc4ncnn43)cc2)cc1. The molecule has 0 spiro atoms. The third kappa shape index (κ3) is 3.60. The first-order chi connectivity index (χ1) is 15.3. The molecule has 0 amide bonds. The van der Waals surface area contributed by atoms with Gasteiger partial charge in [-0.3, -0.25) is 4.79 Å². The maximum absolute atomic E-state index is 13.1. The molecule has 1 aliphatic heterocycles. The lowest BCUT2D eigenvalue weighted by atomic mass is 9.73. The summed E-state index contributed by atoms with van der Waals surface area (Å²) < 4.78 is 7.27. The Bertz CT molecular complexity index is 1240. The molecule has 162 valence electrons. The quantitative estimate of drug-likeness (QED) is 0.490. The van der Waals surface area contributed by atoms with E-state index in [9.17, 15) is 9.59 Å². The van der Waals surface area contributed by atoms with Crippen LogP contribution in [0, 0.1) is 12.3 Å². The molecule has 0 bridgehead atoms. The molecule has 1 aliphatic carbocycles. The number of anilines is 1. The molecule has 7 nitrogen and oxygen atoms in total. The van der Waals surface area contributed by atoms with E-state index in [0.29, 0.717) is 23.7 Å². The summed E-state index contributed by atoms with van der Waals surface area (Å²) in [5.41, 5.74) is 3.99. The average molecular weight is 428 g/mol. The van der Waals surface area contributed by atoms with Crippen molar-refractivity contribution in [3.05, 3.63) is 82.8 Å². The van der Waals surface area contributed by atoms with E-state index in [2.05, 4.69) is 29.2 Å². The van der Waals surface area contributed by atoms with Crippen LogP contribution in [0.1, 0.15) is 54.2 Å². The Hall–Kier alpha value is -3.74. The highest BCUT2D eigenvalue weighted by Gasteiger charge is 2.41. The monoisotopic (exact) mass is 428 g/mol. The van der Waals surface area contributed by atoms with Crippen LogP contribution < -0.4 is 10.1 Å². The molecule has 1 N–H and O–H groups in total. The van der Waals surface area contributed by atoms with Gasteiger partial charge in [0.15, 0.2) is 5.78 Å². The zero-order chi connectivity index (χ0) is 22.5. The summed E-state index contributed by atoms with van der Waals surface area (Å²) in [4.78, 5) is 29.9. The Balaban J connectivity index is 1.45. The largest absolute Gasteiger partial charge is 0.423 e. The summed E-state index contributed by atoms with van der Waals surface area (Å²) in [5, 5.41) is 7.67. The summed E-state index contributed by atoms with van der Waals surface area (Å²) in [6.07, 6.45) is 2.74. The molecule has 5 rings (SSSR count). The van der Waals surface area contributed by atoms with Crippen molar-refractivity contribution in [3.63, 3.8) is 0 Å². The highest BCUT2D eigenvalue weighted by atomic mass is 16.5. The predicted octanol–water partition coefficient (Wildman–Crippen LogP) is 4.46. The summed E-state index contributed by atoms with van der Waals surface area (Å²) >= 11 is 0. The average Bonchev–Trinajstić information content (AvgIpc) is 3.20. The van der Waals surface area contributed by atoms with Gasteiger partial charge in [0.25, 0.3) is 0 Å². The second-order valence-electron chi connectivity index (χ2n) is 9.21. The van der Waals surface area contributed by atoms with Crippen LogP contribution in [0.15, 0.2) is 66.1 Å². The first-order valence-electron chi connectivity index (χ1n) is 10.6. The number of Topliss-reactive ketones (excluding diaryl/α,β-unsaturated/α-hetero) is 1. The number of hydrogen-bond donors (Lipinski definition) is 1. The van der Waals surface area contributed by atoms with Gasteiger partial charge >= 0.3 is 5.97 Å². The summed E-state index contributed by atoms with van der Waals surface area (Å²) in [6, 6.07) is 14.1. The Morgan fingerprint density at radius 2 is 1.81 bits per heavy atom. The number of allylic oxidation sites excluding steroid dienone is 2. The molecule has 0 fully saturated rings. The fraction of sp³-hybridized carbons (Fsp3) is 0.280. The van der Waals surface area contributed by atoms with Gasteiger partial charge in [-0.05, 0) is 48.6 Å². The van der Waals surface area contributed by atoms with E-state index in [0.717, 1.165) is 28.8 Å². The van der Waals surface area contributed by atoms with E-state index in [1.54, 1.807) is 28.9 Å². The molecule has 0 saturated carbocycles. The van der Waals surface area contributed by atoms with Crippen molar-refractivity contribution in [2.24, 2.45) is 5.41 Å². The number of esters is 1. The lowest BCUT2D eigenvalue weighted by Gasteiger charge is -2.38. The summed E-state index contributed by atoms with van der Waals surface area (Å²) in [5.74, 6) is 0.768. The molecular formula is C25H24N4O3. The van der Waals surface area contributed by atoms with Crippen molar-refractivity contribution < 1.29 is 14.3 Å². The number of nitrogens with zero attached hydrogens (tertiary/aromatic N) is 3. The van der Waals surface area contributed by atoms with Crippen molar-refractivity contribution in [3.8, 4) is 5.75 Å². The summed E-state index contributed by atoms with van der Waals surface area (Å²) in [7, 11) is 0. The Kier molecular flexibility index (Phi) is 4.69. The van der Waals surface area contributed by atoms with Gasteiger partial charge in [0, 0.05) is 17.7 Å². The number of carbonyl (C=O) groups excluding carboxylic acids is 2. The second-order valence-corrected chi connectivity index (χ2v) is 9.21. The highest BCUT2D eigenvalue weighted by Crippen LogP contribution is 2.45. The third-order valence-electron chi connectivity index (χ3n) is 5.97. The molecule has 0 unspecified atom stereocenters.